The van der Waals surface area contributed by atoms with Gasteiger partial charge in [-0.15, -0.1) is 0 Å². The van der Waals surface area contributed by atoms with Gasteiger partial charge in [-0.2, -0.15) is 0 Å². The Labute approximate surface area is 92.6 Å². The fourth-order valence-corrected chi connectivity index (χ4v) is 1.62. The molecule has 1 rings (SSSR count). The number of methoxy groups -OCH3 is 1. The summed E-state index contributed by atoms with van der Waals surface area (Å²) in [7, 11) is 3.72. The van der Waals surface area contributed by atoms with Gasteiger partial charge in [-0.25, -0.2) is 0 Å². The first-order chi connectivity index (χ1) is 7.17. The van der Waals surface area contributed by atoms with Crippen molar-refractivity contribution in [2.45, 2.75) is 32.7 Å². The van der Waals surface area contributed by atoms with Gasteiger partial charge < -0.3 is 10.1 Å². The van der Waals surface area contributed by atoms with Crippen molar-refractivity contribution in [1.29, 1.82) is 0 Å². The molecule has 1 unspecified atom stereocenters. The van der Waals surface area contributed by atoms with Gasteiger partial charge in [-0.3, -0.25) is 0 Å². The summed E-state index contributed by atoms with van der Waals surface area (Å²) in [5.74, 6) is 0.973. The van der Waals surface area contributed by atoms with Crippen molar-refractivity contribution in [1.82, 2.24) is 5.32 Å². The molecule has 1 atom stereocenters. The number of rotatable bonds is 5. The van der Waals surface area contributed by atoms with Gasteiger partial charge in [0.05, 0.1) is 7.11 Å². The first-order valence-electron chi connectivity index (χ1n) is 5.48. The molecular formula is C13H21NO. The van der Waals surface area contributed by atoms with Gasteiger partial charge in [0.25, 0.3) is 0 Å². The van der Waals surface area contributed by atoms with E-state index in [1.807, 2.05) is 7.05 Å². The molecule has 0 aliphatic rings. The highest BCUT2D eigenvalue weighted by atomic mass is 16.5. The molecule has 2 nitrogen and oxygen atoms in total. The van der Waals surface area contributed by atoms with Crippen LogP contribution in [0.4, 0.5) is 0 Å². The van der Waals surface area contributed by atoms with E-state index in [1.165, 1.54) is 17.5 Å². The molecule has 0 spiro atoms. The fourth-order valence-electron chi connectivity index (χ4n) is 1.62. The van der Waals surface area contributed by atoms with Crippen molar-refractivity contribution in [3.63, 3.8) is 0 Å². The van der Waals surface area contributed by atoms with Gasteiger partial charge in [0.1, 0.15) is 5.75 Å². The average Bonchev–Trinajstić information content (AvgIpc) is 2.26. The molecule has 0 amide bonds. The molecule has 0 saturated carbocycles. The lowest BCUT2D eigenvalue weighted by atomic mass is 10.0. The Balaban J connectivity index is 2.59. The van der Waals surface area contributed by atoms with Crippen LogP contribution in [0.2, 0.25) is 0 Å². The minimum absolute atomic E-state index is 0.576. The highest BCUT2D eigenvalue weighted by molar-refractivity contribution is 5.36. The standard InChI is InChI=1S/C13H21NO/c1-10-9-12(6-5-11(2)14-3)7-8-13(10)15-4/h7-9,11,14H,5-6H2,1-4H3. The summed E-state index contributed by atoms with van der Waals surface area (Å²) in [5.41, 5.74) is 2.60. The van der Waals surface area contributed by atoms with Gasteiger partial charge in [-0.05, 0) is 50.9 Å². The van der Waals surface area contributed by atoms with Crippen LogP contribution in [-0.2, 0) is 6.42 Å². The van der Waals surface area contributed by atoms with Gasteiger partial charge in [0.2, 0.25) is 0 Å². The summed E-state index contributed by atoms with van der Waals surface area (Å²) in [4.78, 5) is 0. The summed E-state index contributed by atoms with van der Waals surface area (Å²) in [5, 5.41) is 3.25. The molecule has 0 aliphatic heterocycles. The number of aryl methyl sites for hydroxylation is 2. The van der Waals surface area contributed by atoms with Crippen LogP contribution in [0.15, 0.2) is 18.2 Å². The van der Waals surface area contributed by atoms with E-state index in [4.69, 9.17) is 4.74 Å². The zero-order chi connectivity index (χ0) is 11.3. The molecule has 0 bridgehead atoms. The van der Waals surface area contributed by atoms with Gasteiger partial charge in [0, 0.05) is 6.04 Å². The lowest BCUT2D eigenvalue weighted by molar-refractivity contribution is 0.411. The van der Waals surface area contributed by atoms with Crippen LogP contribution >= 0.6 is 0 Å². The van der Waals surface area contributed by atoms with E-state index in [1.54, 1.807) is 7.11 Å². The molecule has 1 aromatic carbocycles. The molecule has 0 aliphatic carbocycles. The van der Waals surface area contributed by atoms with Crippen molar-refractivity contribution in [3.05, 3.63) is 29.3 Å². The molecule has 0 heterocycles. The third-order valence-corrected chi connectivity index (χ3v) is 2.82. The molecule has 84 valence electrons. The van der Waals surface area contributed by atoms with Crippen LogP contribution in [0.1, 0.15) is 24.5 Å². The number of hydrogen-bond donors (Lipinski definition) is 1. The topological polar surface area (TPSA) is 21.3 Å². The summed E-state index contributed by atoms with van der Waals surface area (Å²) >= 11 is 0. The monoisotopic (exact) mass is 207 g/mol. The summed E-state index contributed by atoms with van der Waals surface area (Å²) in [6, 6.07) is 6.98. The van der Waals surface area contributed by atoms with E-state index in [0.29, 0.717) is 6.04 Å². The maximum Gasteiger partial charge on any atom is 0.121 e. The molecule has 2 heteroatoms. The van der Waals surface area contributed by atoms with Crippen LogP contribution in [0.3, 0.4) is 0 Å². The number of hydrogen-bond acceptors (Lipinski definition) is 2. The lowest BCUT2D eigenvalue weighted by Gasteiger charge is -2.11. The van der Waals surface area contributed by atoms with Crippen LogP contribution in [0.25, 0.3) is 0 Å². The summed E-state index contributed by atoms with van der Waals surface area (Å²) < 4.78 is 5.23. The Morgan fingerprint density at radius 1 is 1.40 bits per heavy atom. The van der Waals surface area contributed by atoms with E-state index in [9.17, 15) is 0 Å². The SMILES string of the molecule is CNC(C)CCc1ccc(OC)c(C)c1. The van der Waals surface area contributed by atoms with Crippen molar-refractivity contribution < 1.29 is 4.74 Å². The van der Waals surface area contributed by atoms with Gasteiger partial charge >= 0.3 is 0 Å². The molecule has 1 N–H and O–H groups in total. The molecule has 15 heavy (non-hydrogen) atoms. The zero-order valence-electron chi connectivity index (χ0n) is 10.1. The van der Waals surface area contributed by atoms with Crippen LogP contribution < -0.4 is 10.1 Å². The molecule has 0 saturated heterocycles. The van der Waals surface area contributed by atoms with E-state index < -0.39 is 0 Å². The Morgan fingerprint density at radius 2 is 2.13 bits per heavy atom. The summed E-state index contributed by atoms with van der Waals surface area (Å²) in [6.07, 6.45) is 2.29. The molecule has 0 radical (unpaired) electrons. The minimum Gasteiger partial charge on any atom is -0.496 e. The third kappa shape index (κ3) is 3.56. The maximum absolute atomic E-state index is 5.23. The summed E-state index contributed by atoms with van der Waals surface area (Å²) in [6.45, 7) is 4.29. The second-order valence-corrected chi connectivity index (χ2v) is 4.03. The van der Waals surface area contributed by atoms with Crippen LogP contribution in [-0.4, -0.2) is 20.2 Å². The number of nitrogens with one attached hydrogen (secondary N) is 1. The van der Waals surface area contributed by atoms with E-state index in [-0.39, 0.29) is 0 Å². The van der Waals surface area contributed by atoms with Crippen molar-refractivity contribution >= 4 is 0 Å². The van der Waals surface area contributed by atoms with Gasteiger partial charge in [-0.1, -0.05) is 12.1 Å². The molecule has 0 aromatic heterocycles. The fraction of sp³-hybridized carbons (Fsp3) is 0.538. The highest BCUT2D eigenvalue weighted by Gasteiger charge is 2.02. The van der Waals surface area contributed by atoms with Crippen molar-refractivity contribution in [3.8, 4) is 5.75 Å². The zero-order valence-corrected chi connectivity index (χ0v) is 10.1. The maximum atomic E-state index is 5.23. The Hall–Kier alpha value is -1.02. The van der Waals surface area contributed by atoms with Gasteiger partial charge in [0.15, 0.2) is 0 Å². The smallest absolute Gasteiger partial charge is 0.121 e. The Morgan fingerprint density at radius 3 is 2.67 bits per heavy atom. The first-order valence-corrected chi connectivity index (χ1v) is 5.48. The second kappa shape index (κ2) is 5.76. The van der Waals surface area contributed by atoms with E-state index in [0.717, 1.165) is 12.2 Å². The van der Waals surface area contributed by atoms with E-state index >= 15 is 0 Å². The quantitative estimate of drug-likeness (QED) is 0.801. The van der Waals surface area contributed by atoms with Crippen LogP contribution in [0, 0.1) is 6.92 Å². The normalized spacial score (nSPS) is 12.5. The second-order valence-electron chi connectivity index (χ2n) is 4.03. The number of benzene rings is 1. The molecule has 0 fully saturated rings. The Kier molecular flexibility index (Phi) is 4.63. The molecule has 1 aromatic rings. The first kappa shape index (κ1) is 12.1. The van der Waals surface area contributed by atoms with Crippen molar-refractivity contribution in [2.24, 2.45) is 0 Å². The average molecular weight is 207 g/mol. The van der Waals surface area contributed by atoms with E-state index in [2.05, 4.69) is 37.4 Å². The van der Waals surface area contributed by atoms with Crippen LogP contribution in [0.5, 0.6) is 5.75 Å². The highest BCUT2D eigenvalue weighted by Crippen LogP contribution is 2.19. The minimum atomic E-state index is 0.576. The Bertz CT molecular complexity index is 309. The predicted molar refractivity (Wildman–Crippen MR) is 64.6 cm³/mol. The lowest BCUT2D eigenvalue weighted by Crippen LogP contribution is -2.21. The predicted octanol–water partition coefficient (Wildman–Crippen LogP) is 2.54. The van der Waals surface area contributed by atoms with Crippen molar-refractivity contribution in [2.75, 3.05) is 14.2 Å². The number of ether oxygens (including phenoxy) is 1. The molecular weight excluding hydrogens is 186 g/mol. The third-order valence-electron chi connectivity index (χ3n) is 2.82. The largest absolute Gasteiger partial charge is 0.496 e.